The summed E-state index contributed by atoms with van der Waals surface area (Å²) in [6.07, 6.45) is 1.82. The van der Waals surface area contributed by atoms with Crippen LogP contribution in [0.4, 0.5) is 5.82 Å². The van der Waals surface area contributed by atoms with Gasteiger partial charge in [0.1, 0.15) is 17.6 Å². The quantitative estimate of drug-likeness (QED) is 0.827. The lowest BCUT2D eigenvalue weighted by molar-refractivity contribution is 0.128. The molecule has 5 nitrogen and oxygen atoms in total. The topological polar surface area (TPSA) is 59.9 Å². The lowest BCUT2D eigenvalue weighted by Crippen LogP contribution is -2.05. The molecule has 0 aliphatic heterocycles. The van der Waals surface area contributed by atoms with Crippen LogP contribution in [0.1, 0.15) is 17.6 Å². The van der Waals surface area contributed by atoms with Crippen LogP contribution in [-0.4, -0.2) is 21.6 Å². The number of halogens is 1. The molecule has 0 saturated heterocycles. The number of nitrogens with zero attached hydrogens (tertiary/aromatic N) is 3. The summed E-state index contributed by atoms with van der Waals surface area (Å²) in [5.41, 5.74) is 1.80. The first-order chi connectivity index (χ1) is 8.78. The van der Waals surface area contributed by atoms with E-state index in [0.717, 1.165) is 4.88 Å². The van der Waals surface area contributed by atoms with Gasteiger partial charge in [0.2, 0.25) is 0 Å². The molecule has 96 valence electrons. The van der Waals surface area contributed by atoms with E-state index in [4.69, 9.17) is 16.3 Å². The van der Waals surface area contributed by atoms with Gasteiger partial charge in [0.25, 0.3) is 0 Å². The molecule has 0 fully saturated rings. The van der Waals surface area contributed by atoms with Gasteiger partial charge in [-0.1, -0.05) is 11.6 Å². The monoisotopic (exact) mass is 284 g/mol. The Morgan fingerprint density at radius 3 is 3.06 bits per heavy atom. The molecule has 2 rings (SSSR count). The van der Waals surface area contributed by atoms with E-state index in [9.17, 15) is 0 Å². The largest absolute Gasteiger partial charge is 0.374 e. The summed E-state index contributed by atoms with van der Waals surface area (Å²) < 4.78 is 5.26. The van der Waals surface area contributed by atoms with Gasteiger partial charge in [-0.3, -0.25) is 4.98 Å². The summed E-state index contributed by atoms with van der Waals surface area (Å²) in [5, 5.41) is 3.59. The Bertz CT molecular complexity index is 492. The van der Waals surface area contributed by atoms with Gasteiger partial charge in [-0.15, -0.1) is 11.3 Å². The average Bonchev–Trinajstić information content (AvgIpc) is 2.86. The van der Waals surface area contributed by atoms with Crippen LogP contribution in [0, 0.1) is 0 Å². The predicted molar refractivity (Wildman–Crippen MR) is 71.8 cm³/mol. The smallest absolute Gasteiger partial charge is 0.158 e. The van der Waals surface area contributed by atoms with Gasteiger partial charge in [0.05, 0.1) is 12.1 Å². The average molecular weight is 285 g/mol. The molecule has 18 heavy (non-hydrogen) atoms. The maximum absolute atomic E-state index is 5.93. The maximum Gasteiger partial charge on any atom is 0.158 e. The van der Waals surface area contributed by atoms with Crippen molar-refractivity contribution in [3.8, 4) is 0 Å². The first kappa shape index (κ1) is 13.2. The molecule has 0 bridgehead atoms. The van der Waals surface area contributed by atoms with Gasteiger partial charge in [-0.05, 0) is 6.92 Å². The highest BCUT2D eigenvalue weighted by atomic mass is 35.5. The minimum absolute atomic E-state index is 0.367. The number of rotatable bonds is 6. The summed E-state index contributed by atoms with van der Waals surface area (Å²) >= 11 is 7.52. The predicted octanol–water partition coefficient (Wildman–Crippen LogP) is 2.74. The molecule has 1 N–H and O–H groups in total. The van der Waals surface area contributed by atoms with Crippen molar-refractivity contribution in [2.24, 2.45) is 0 Å². The van der Waals surface area contributed by atoms with Crippen LogP contribution in [0.2, 0.25) is 5.15 Å². The fourth-order valence-corrected chi connectivity index (χ4v) is 2.06. The van der Waals surface area contributed by atoms with Crippen molar-refractivity contribution in [1.82, 2.24) is 15.0 Å². The van der Waals surface area contributed by atoms with Crippen molar-refractivity contribution in [3.63, 3.8) is 0 Å². The van der Waals surface area contributed by atoms with Crippen molar-refractivity contribution in [3.05, 3.63) is 33.6 Å². The third kappa shape index (κ3) is 3.90. The number of hydrogen-bond donors (Lipinski definition) is 1. The first-order valence-corrected chi connectivity index (χ1v) is 6.76. The number of anilines is 1. The van der Waals surface area contributed by atoms with Crippen molar-refractivity contribution in [2.45, 2.75) is 20.1 Å². The van der Waals surface area contributed by atoms with Gasteiger partial charge in [-0.25, -0.2) is 9.97 Å². The highest BCUT2D eigenvalue weighted by Gasteiger charge is 2.04. The molecule has 0 unspecified atom stereocenters. The SMILES string of the molecule is CCOCc1nc(Cl)cc(NCc2cncs2)n1. The molecule has 2 aromatic rings. The zero-order chi connectivity index (χ0) is 12.8. The minimum atomic E-state index is 0.367. The van der Waals surface area contributed by atoms with Gasteiger partial charge in [0.15, 0.2) is 5.82 Å². The second-order valence-corrected chi connectivity index (χ2v) is 4.81. The lowest BCUT2D eigenvalue weighted by Gasteiger charge is -2.06. The molecule has 0 aromatic carbocycles. The molecule has 0 saturated carbocycles. The van der Waals surface area contributed by atoms with Crippen molar-refractivity contribution in [2.75, 3.05) is 11.9 Å². The fourth-order valence-electron chi connectivity index (χ4n) is 1.32. The fraction of sp³-hybridized carbons (Fsp3) is 0.364. The summed E-state index contributed by atoms with van der Waals surface area (Å²) in [4.78, 5) is 13.6. The van der Waals surface area contributed by atoms with Gasteiger partial charge >= 0.3 is 0 Å². The molecule has 0 radical (unpaired) electrons. The van der Waals surface area contributed by atoms with E-state index in [-0.39, 0.29) is 0 Å². The number of aromatic nitrogens is 3. The van der Waals surface area contributed by atoms with Crippen LogP contribution in [0.5, 0.6) is 0 Å². The number of hydrogen-bond acceptors (Lipinski definition) is 6. The molecule has 2 aromatic heterocycles. The van der Waals surface area contributed by atoms with Crippen LogP contribution in [0.25, 0.3) is 0 Å². The van der Waals surface area contributed by atoms with Crippen LogP contribution in [0.3, 0.4) is 0 Å². The third-order valence-corrected chi connectivity index (χ3v) is 3.08. The normalized spacial score (nSPS) is 10.6. The standard InChI is InChI=1S/C11H13ClN4OS/c1-2-17-6-11-15-9(12)3-10(16-11)14-5-8-4-13-7-18-8/h3-4,7H,2,5-6H2,1H3,(H,14,15,16). The summed E-state index contributed by atoms with van der Waals surface area (Å²) in [7, 11) is 0. The van der Waals surface area contributed by atoms with Crippen molar-refractivity contribution < 1.29 is 4.74 Å². The van der Waals surface area contributed by atoms with Gasteiger partial charge < -0.3 is 10.1 Å². The van der Waals surface area contributed by atoms with E-state index in [2.05, 4.69) is 20.3 Å². The molecular weight excluding hydrogens is 272 g/mol. The summed E-state index contributed by atoms with van der Waals surface area (Å²) in [6.45, 7) is 3.59. The van der Waals surface area contributed by atoms with Gasteiger partial charge in [-0.2, -0.15) is 0 Å². The molecule has 7 heteroatoms. The van der Waals surface area contributed by atoms with Crippen molar-refractivity contribution in [1.29, 1.82) is 0 Å². The Labute approximate surface area is 114 Å². The molecular formula is C11H13ClN4OS. The first-order valence-electron chi connectivity index (χ1n) is 5.50. The lowest BCUT2D eigenvalue weighted by atomic mass is 10.5. The highest BCUT2D eigenvalue weighted by Crippen LogP contribution is 2.14. The van der Waals surface area contributed by atoms with E-state index in [1.54, 1.807) is 22.9 Å². The summed E-state index contributed by atoms with van der Waals surface area (Å²) in [5.74, 6) is 1.27. The van der Waals surface area contributed by atoms with Crippen LogP contribution in [-0.2, 0) is 17.9 Å². The minimum Gasteiger partial charge on any atom is -0.374 e. The van der Waals surface area contributed by atoms with Crippen LogP contribution in [0.15, 0.2) is 17.8 Å². The Balaban J connectivity index is 2.00. The zero-order valence-electron chi connectivity index (χ0n) is 9.89. The Morgan fingerprint density at radius 1 is 1.44 bits per heavy atom. The molecule has 0 aliphatic rings. The highest BCUT2D eigenvalue weighted by molar-refractivity contribution is 7.09. The van der Waals surface area contributed by atoms with E-state index >= 15 is 0 Å². The number of ether oxygens (including phenoxy) is 1. The Morgan fingerprint density at radius 2 is 2.33 bits per heavy atom. The van der Waals surface area contributed by atoms with E-state index < -0.39 is 0 Å². The second-order valence-electron chi connectivity index (χ2n) is 3.45. The Hall–Kier alpha value is -1.24. The molecule has 0 atom stereocenters. The van der Waals surface area contributed by atoms with Crippen molar-refractivity contribution >= 4 is 28.8 Å². The molecule has 0 aliphatic carbocycles. The Kier molecular flexibility index (Phi) is 4.86. The summed E-state index contributed by atoms with van der Waals surface area (Å²) in [6, 6.07) is 1.69. The van der Waals surface area contributed by atoms with Gasteiger partial charge in [0, 0.05) is 23.7 Å². The second kappa shape index (κ2) is 6.63. The number of nitrogens with one attached hydrogen (secondary N) is 1. The third-order valence-electron chi connectivity index (χ3n) is 2.10. The van der Waals surface area contributed by atoms with Crippen LogP contribution >= 0.6 is 22.9 Å². The molecule has 2 heterocycles. The maximum atomic E-state index is 5.93. The van der Waals surface area contributed by atoms with E-state index in [1.807, 2.05) is 13.1 Å². The van der Waals surface area contributed by atoms with E-state index in [0.29, 0.717) is 36.6 Å². The zero-order valence-corrected chi connectivity index (χ0v) is 11.5. The molecule has 0 amide bonds. The van der Waals surface area contributed by atoms with E-state index in [1.165, 1.54) is 0 Å². The number of thiazole rings is 1. The molecule has 0 spiro atoms. The van der Waals surface area contributed by atoms with Crippen LogP contribution < -0.4 is 5.32 Å².